The van der Waals surface area contributed by atoms with E-state index in [0.29, 0.717) is 17.0 Å². The molecule has 0 aliphatic carbocycles. The van der Waals surface area contributed by atoms with Crippen LogP contribution in [-0.2, 0) is 6.54 Å². The van der Waals surface area contributed by atoms with E-state index < -0.39 is 18.8 Å². The highest BCUT2D eigenvalue weighted by molar-refractivity contribution is 6.58. The molecule has 0 saturated heterocycles. The number of nitrogens with zero attached hydrogens (tertiary/aromatic N) is 3. The molecular formula is C14H12BF2N3O3. The van der Waals surface area contributed by atoms with Gasteiger partial charge in [-0.05, 0) is 23.7 Å². The van der Waals surface area contributed by atoms with Gasteiger partial charge < -0.3 is 19.4 Å². The van der Waals surface area contributed by atoms with E-state index in [1.54, 1.807) is 12.1 Å². The predicted octanol–water partition coefficient (Wildman–Crippen LogP) is 0.446. The molecule has 3 rings (SSSR count). The van der Waals surface area contributed by atoms with E-state index >= 15 is 0 Å². The number of ether oxygens (including phenoxy) is 1. The highest BCUT2D eigenvalue weighted by Gasteiger charge is 2.19. The molecule has 6 nitrogen and oxygen atoms in total. The Hall–Kier alpha value is -2.52. The van der Waals surface area contributed by atoms with Crippen molar-refractivity contribution >= 4 is 23.7 Å². The lowest BCUT2D eigenvalue weighted by Crippen LogP contribution is -2.31. The SMILES string of the molecule is COc1ccc2c(ncn2Cc2c(F)cc(B(O)O)cc2F)n1. The number of hydrogen-bond acceptors (Lipinski definition) is 5. The van der Waals surface area contributed by atoms with Gasteiger partial charge in [-0.1, -0.05) is 0 Å². The minimum Gasteiger partial charge on any atom is -0.481 e. The second-order valence-corrected chi connectivity index (χ2v) is 4.91. The van der Waals surface area contributed by atoms with Crippen molar-refractivity contribution in [3.63, 3.8) is 0 Å². The van der Waals surface area contributed by atoms with Crippen molar-refractivity contribution in [3.8, 4) is 5.88 Å². The fourth-order valence-corrected chi connectivity index (χ4v) is 2.26. The number of fused-ring (bicyclic) bond motifs is 1. The van der Waals surface area contributed by atoms with Crippen LogP contribution in [0.15, 0.2) is 30.6 Å². The van der Waals surface area contributed by atoms with Crippen LogP contribution in [0.2, 0.25) is 0 Å². The van der Waals surface area contributed by atoms with Crippen molar-refractivity contribution in [2.75, 3.05) is 7.11 Å². The van der Waals surface area contributed by atoms with Gasteiger partial charge in [-0.25, -0.2) is 13.8 Å². The Balaban J connectivity index is 1.99. The van der Waals surface area contributed by atoms with Crippen LogP contribution in [0.25, 0.3) is 11.2 Å². The van der Waals surface area contributed by atoms with Crippen molar-refractivity contribution in [3.05, 3.63) is 47.8 Å². The summed E-state index contributed by atoms with van der Waals surface area (Å²) in [5.74, 6) is -1.34. The van der Waals surface area contributed by atoms with E-state index in [4.69, 9.17) is 14.8 Å². The summed E-state index contributed by atoms with van der Waals surface area (Å²) in [4.78, 5) is 8.21. The van der Waals surface area contributed by atoms with Gasteiger partial charge in [-0.3, -0.25) is 0 Å². The van der Waals surface area contributed by atoms with E-state index in [2.05, 4.69) is 9.97 Å². The van der Waals surface area contributed by atoms with Crippen molar-refractivity contribution in [2.45, 2.75) is 6.54 Å². The van der Waals surface area contributed by atoms with Gasteiger partial charge in [0.25, 0.3) is 0 Å². The largest absolute Gasteiger partial charge is 0.488 e. The fourth-order valence-electron chi connectivity index (χ4n) is 2.26. The normalized spacial score (nSPS) is 11.0. The van der Waals surface area contributed by atoms with Gasteiger partial charge in [0.2, 0.25) is 5.88 Å². The van der Waals surface area contributed by atoms with E-state index in [1.165, 1.54) is 18.0 Å². The number of methoxy groups -OCH3 is 1. The van der Waals surface area contributed by atoms with E-state index in [1.807, 2.05) is 0 Å². The minimum atomic E-state index is -1.93. The molecular weight excluding hydrogens is 307 g/mol. The molecule has 0 aliphatic heterocycles. The molecule has 2 heterocycles. The summed E-state index contributed by atoms with van der Waals surface area (Å²) in [7, 11) is -0.452. The third-order valence-corrected chi connectivity index (χ3v) is 3.46. The number of imidazole rings is 1. The van der Waals surface area contributed by atoms with E-state index in [9.17, 15) is 8.78 Å². The first kappa shape index (κ1) is 15.4. The lowest BCUT2D eigenvalue weighted by Gasteiger charge is -2.09. The molecule has 0 spiro atoms. The van der Waals surface area contributed by atoms with E-state index in [0.717, 1.165) is 12.1 Å². The Morgan fingerprint density at radius 1 is 1.22 bits per heavy atom. The predicted molar refractivity (Wildman–Crippen MR) is 79.4 cm³/mol. The van der Waals surface area contributed by atoms with Crippen LogP contribution in [0.4, 0.5) is 8.78 Å². The van der Waals surface area contributed by atoms with Gasteiger partial charge in [-0.15, -0.1) is 0 Å². The maximum Gasteiger partial charge on any atom is 0.488 e. The van der Waals surface area contributed by atoms with Gasteiger partial charge in [-0.2, -0.15) is 4.98 Å². The monoisotopic (exact) mass is 319 g/mol. The highest BCUT2D eigenvalue weighted by atomic mass is 19.1. The third kappa shape index (κ3) is 2.88. The summed E-state index contributed by atoms with van der Waals surface area (Å²) < 4.78 is 34.6. The van der Waals surface area contributed by atoms with Crippen LogP contribution in [0.3, 0.4) is 0 Å². The van der Waals surface area contributed by atoms with Crippen molar-refractivity contribution < 1.29 is 23.6 Å². The Morgan fingerprint density at radius 3 is 2.52 bits per heavy atom. The van der Waals surface area contributed by atoms with Gasteiger partial charge >= 0.3 is 7.12 Å². The molecule has 118 valence electrons. The Labute approximate surface area is 130 Å². The summed E-state index contributed by atoms with van der Waals surface area (Å²) in [5.41, 5.74) is 0.540. The van der Waals surface area contributed by atoms with Crippen molar-refractivity contribution in [1.29, 1.82) is 0 Å². The molecule has 0 saturated carbocycles. The second-order valence-electron chi connectivity index (χ2n) is 4.91. The molecule has 0 aliphatic rings. The van der Waals surface area contributed by atoms with Gasteiger partial charge in [0.1, 0.15) is 11.6 Å². The lowest BCUT2D eigenvalue weighted by molar-refractivity contribution is 0.399. The van der Waals surface area contributed by atoms with Gasteiger partial charge in [0.05, 0.1) is 25.5 Å². The molecule has 2 N–H and O–H groups in total. The number of pyridine rings is 1. The Morgan fingerprint density at radius 2 is 1.91 bits per heavy atom. The first-order valence-electron chi connectivity index (χ1n) is 6.69. The smallest absolute Gasteiger partial charge is 0.481 e. The summed E-state index contributed by atoms with van der Waals surface area (Å²) in [6.45, 7) is -0.107. The zero-order valence-electron chi connectivity index (χ0n) is 12.1. The van der Waals surface area contributed by atoms with Crippen LogP contribution >= 0.6 is 0 Å². The first-order chi connectivity index (χ1) is 11.0. The van der Waals surface area contributed by atoms with Crippen LogP contribution in [0.5, 0.6) is 5.88 Å². The van der Waals surface area contributed by atoms with Gasteiger partial charge in [0, 0.05) is 11.6 Å². The molecule has 0 atom stereocenters. The highest BCUT2D eigenvalue weighted by Crippen LogP contribution is 2.19. The second kappa shape index (κ2) is 5.94. The quantitative estimate of drug-likeness (QED) is 0.683. The number of aromatic nitrogens is 3. The molecule has 0 unspecified atom stereocenters. The molecule has 0 bridgehead atoms. The maximum atomic E-state index is 14.1. The summed E-state index contributed by atoms with van der Waals surface area (Å²) in [5, 5.41) is 18.0. The summed E-state index contributed by atoms with van der Waals surface area (Å²) in [6, 6.07) is 5.10. The van der Waals surface area contributed by atoms with Gasteiger partial charge in [0.15, 0.2) is 5.65 Å². The Kier molecular flexibility index (Phi) is 3.97. The van der Waals surface area contributed by atoms with Crippen molar-refractivity contribution in [2.24, 2.45) is 0 Å². The topological polar surface area (TPSA) is 80.4 Å². The average molecular weight is 319 g/mol. The van der Waals surface area contributed by atoms with E-state index in [-0.39, 0.29) is 17.6 Å². The molecule has 0 amide bonds. The van der Waals surface area contributed by atoms with Crippen LogP contribution in [0.1, 0.15) is 5.56 Å². The van der Waals surface area contributed by atoms with Crippen molar-refractivity contribution in [1.82, 2.24) is 14.5 Å². The fraction of sp³-hybridized carbons (Fsp3) is 0.143. The maximum absolute atomic E-state index is 14.1. The molecule has 2 aromatic heterocycles. The van der Waals surface area contributed by atoms with Crippen LogP contribution in [0, 0.1) is 11.6 Å². The van der Waals surface area contributed by atoms with Crippen LogP contribution in [-0.4, -0.2) is 38.8 Å². The Bertz CT molecular complexity index is 847. The summed E-state index contributed by atoms with van der Waals surface area (Å²) in [6.07, 6.45) is 1.42. The molecule has 3 aromatic rings. The number of hydrogen-bond donors (Lipinski definition) is 2. The minimum absolute atomic E-state index is 0.107. The zero-order chi connectivity index (χ0) is 16.6. The average Bonchev–Trinajstić information content (AvgIpc) is 2.92. The molecule has 0 radical (unpaired) electrons. The molecule has 9 heteroatoms. The number of halogens is 2. The zero-order valence-corrected chi connectivity index (χ0v) is 12.1. The van der Waals surface area contributed by atoms with Crippen LogP contribution < -0.4 is 10.2 Å². The standard InChI is InChI=1S/C14H12BF2N3O3/c1-23-13-3-2-12-14(19-13)18-7-20(12)6-9-10(16)4-8(15(21)22)5-11(9)17/h2-5,7,21-22H,6H2,1H3. The first-order valence-corrected chi connectivity index (χ1v) is 6.69. The molecule has 0 fully saturated rings. The molecule has 23 heavy (non-hydrogen) atoms. The third-order valence-electron chi connectivity index (χ3n) is 3.46. The summed E-state index contributed by atoms with van der Waals surface area (Å²) >= 11 is 0. The molecule has 1 aromatic carbocycles. The number of rotatable bonds is 4. The lowest BCUT2D eigenvalue weighted by atomic mass is 9.80. The number of benzene rings is 1.